The highest BCUT2D eigenvalue weighted by atomic mass is 127. The number of methoxy groups -OCH3 is 1. The van der Waals surface area contributed by atoms with Crippen LogP contribution in [0.25, 0.3) is 0 Å². The number of esters is 1. The van der Waals surface area contributed by atoms with Crippen molar-refractivity contribution in [2.75, 3.05) is 19.0 Å². The smallest absolute Gasteiger partial charge is 0.376 e. The number of nitrogens with zero attached hydrogens (tertiary/aromatic N) is 2. The van der Waals surface area contributed by atoms with Crippen molar-refractivity contribution in [3.05, 3.63) is 15.1 Å². The molecule has 82 valence electrons. The lowest BCUT2D eigenvalue weighted by molar-refractivity contribution is 0.0586. The largest absolute Gasteiger partial charge is 0.463 e. The van der Waals surface area contributed by atoms with Gasteiger partial charge in [-0.05, 0) is 36.4 Å². The van der Waals surface area contributed by atoms with Gasteiger partial charge in [0.05, 0.1) is 16.4 Å². The Balaban J connectivity index is 3.16. The highest BCUT2D eigenvalue weighted by Gasteiger charge is 2.14. The number of anilines is 1. The lowest BCUT2D eigenvalue weighted by Gasteiger charge is -2.08. The molecule has 5 nitrogen and oxygen atoms in total. The van der Waals surface area contributed by atoms with E-state index in [9.17, 15) is 4.79 Å². The van der Waals surface area contributed by atoms with E-state index >= 15 is 0 Å². The van der Waals surface area contributed by atoms with Crippen molar-refractivity contribution in [1.29, 1.82) is 0 Å². The molecule has 6 heteroatoms. The SMILES string of the molecule is CCNc1nc(C(=O)OC)nc(C)c1I. The minimum atomic E-state index is -0.520. The zero-order valence-electron chi connectivity index (χ0n) is 8.80. The summed E-state index contributed by atoms with van der Waals surface area (Å²) in [6.45, 7) is 4.54. The fraction of sp³-hybridized carbons (Fsp3) is 0.444. The van der Waals surface area contributed by atoms with Crippen LogP contribution in [0.5, 0.6) is 0 Å². The summed E-state index contributed by atoms with van der Waals surface area (Å²) in [6, 6.07) is 0. The number of hydrogen-bond donors (Lipinski definition) is 1. The molecule has 0 radical (unpaired) electrons. The second kappa shape index (κ2) is 5.24. The van der Waals surface area contributed by atoms with Crippen molar-refractivity contribution < 1.29 is 9.53 Å². The van der Waals surface area contributed by atoms with Gasteiger partial charge in [-0.25, -0.2) is 14.8 Å². The molecule has 0 bridgehead atoms. The minimum Gasteiger partial charge on any atom is -0.463 e. The highest BCUT2D eigenvalue weighted by molar-refractivity contribution is 14.1. The number of carbonyl (C=O) groups is 1. The van der Waals surface area contributed by atoms with Crippen molar-refractivity contribution >= 4 is 34.4 Å². The van der Waals surface area contributed by atoms with Gasteiger partial charge in [0, 0.05) is 6.54 Å². The van der Waals surface area contributed by atoms with E-state index in [4.69, 9.17) is 0 Å². The summed E-state index contributed by atoms with van der Waals surface area (Å²) < 4.78 is 5.49. The topological polar surface area (TPSA) is 64.1 Å². The van der Waals surface area contributed by atoms with Crippen molar-refractivity contribution in [3.63, 3.8) is 0 Å². The summed E-state index contributed by atoms with van der Waals surface area (Å²) in [4.78, 5) is 19.4. The third-order valence-corrected chi connectivity index (χ3v) is 3.02. The van der Waals surface area contributed by atoms with Crippen LogP contribution in [-0.2, 0) is 4.74 Å². The first-order chi connectivity index (χ1) is 7.10. The van der Waals surface area contributed by atoms with Crippen molar-refractivity contribution in [2.45, 2.75) is 13.8 Å². The van der Waals surface area contributed by atoms with Gasteiger partial charge in [-0.15, -0.1) is 0 Å². The predicted octanol–water partition coefficient (Wildman–Crippen LogP) is 1.61. The van der Waals surface area contributed by atoms with E-state index in [-0.39, 0.29) is 5.82 Å². The molecule has 0 saturated carbocycles. The Morgan fingerprint density at radius 3 is 2.73 bits per heavy atom. The Morgan fingerprint density at radius 2 is 2.20 bits per heavy atom. The van der Waals surface area contributed by atoms with Crippen LogP contribution in [0.3, 0.4) is 0 Å². The summed E-state index contributed by atoms with van der Waals surface area (Å²) in [5.74, 6) is 0.242. The second-order valence-corrected chi connectivity index (χ2v) is 3.90. The molecule has 0 spiro atoms. The lowest BCUT2D eigenvalue weighted by Crippen LogP contribution is -2.13. The molecule has 0 unspecified atom stereocenters. The number of carbonyl (C=O) groups excluding carboxylic acids is 1. The third-order valence-electron chi connectivity index (χ3n) is 1.73. The van der Waals surface area contributed by atoms with Gasteiger partial charge >= 0.3 is 5.97 Å². The normalized spacial score (nSPS) is 9.87. The van der Waals surface area contributed by atoms with Gasteiger partial charge in [0.1, 0.15) is 5.82 Å². The van der Waals surface area contributed by atoms with Crippen molar-refractivity contribution in [3.8, 4) is 0 Å². The van der Waals surface area contributed by atoms with Gasteiger partial charge in [-0.3, -0.25) is 0 Å². The standard InChI is InChI=1S/C9H12IN3O2/c1-4-11-7-6(10)5(2)12-8(13-7)9(14)15-3/h4H2,1-3H3,(H,11,12,13). The van der Waals surface area contributed by atoms with Crippen molar-refractivity contribution in [1.82, 2.24) is 9.97 Å². The first-order valence-corrected chi connectivity index (χ1v) is 5.54. The monoisotopic (exact) mass is 321 g/mol. The number of rotatable bonds is 3. The van der Waals surface area contributed by atoms with Gasteiger partial charge in [0.15, 0.2) is 0 Å². The maximum Gasteiger partial charge on any atom is 0.376 e. The molecule has 1 heterocycles. The van der Waals surface area contributed by atoms with Crippen molar-refractivity contribution in [2.24, 2.45) is 0 Å². The average molecular weight is 321 g/mol. The molecule has 1 aromatic heterocycles. The van der Waals surface area contributed by atoms with E-state index in [2.05, 4.69) is 42.6 Å². The molecule has 1 aromatic rings. The average Bonchev–Trinajstić information content (AvgIpc) is 2.23. The summed E-state index contributed by atoms with van der Waals surface area (Å²) in [6.07, 6.45) is 0. The molecule has 0 aliphatic heterocycles. The van der Waals surface area contributed by atoms with Crippen LogP contribution in [0, 0.1) is 10.5 Å². The van der Waals surface area contributed by atoms with Crippen LogP contribution in [0.1, 0.15) is 23.2 Å². The van der Waals surface area contributed by atoms with Crippen LogP contribution in [0.2, 0.25) is 0 Å². The molecule has 0 atom stereocenters. The van der Waals surface area contributed by atoms with Gasteiger partial charge in [0.25, 0.3) is 0 Å². The summed E-state index contributed by atoms with van der Waals surface area (Å²) in [5.41, 5.74) is 0.766. The van der Waals surface area contributed by atoms with Crippen LogP contribution in [0.15, 0.2) is 0 Å². The van der Waals surface area contributed by atoms with E-state index in [1.807, 2.05) is 13.8 Å². The Morgan fingerprint density at radius 1 is 1.53 bits per heavy atom. The zero-order valence-corrected chi connectivity index (χ0v) is 11.0. The fourth-order valence-electron chi connectivity index (χ4n) is 1.03. The quantitative estimate of drug-likeness (QED) is 0.677. The number of ether oxygens (including phenoxy) is 1. The molecule has 0 amide bonds. The van der Waals surface area contributed by atoms with Gasteiger partial charge < -0.3 is 10.1 Å². The van der Waals surface area contributed by atoms with E-state index < -0.39 is 5.97 Å². The zero-order chi connectivity index (χ0) is 11.4. The first kappa shape index (κ1) is 12.2. The van der Waals surface area contributed by atoms with Gasteiger partial charge in [0.2, 0.25) is 5.82 Å². The Labute approximate surface area is 102 Å². The first-order valence-electron chi connectivity index (χ1n) is 4.46. The van der Waals surface area contributed by atoms with Gasteiger partial charge in [-0.1, -0.05) is 0 Å². The minimum absolute atomic E-state index is 0.0892. The number of hydrogen-bond acceptors (Lipinski definition) is 5. The Hall–Kier alpha value is -0.920. The van der Waals surface area contributed by atoms with E-state index in [1.54, 1.807) is 0 Å². The van der Waals surface area contributed by atoms with Crippen LogP contribution in [-0.4, -0.2) is 29.6 Å². The molecule has 1 rings (SSSR count). The van der Waals surface area contributed by atoms with Crippen LogP contribution >= 0.6 is 22.6 Å². The molecule has 0 aromatic carbocycles. The molecule has 1 N–H and O–H groups in total. The molecule has 15 heavy (non-hydrogen) atoms. The number of aromatic nitrogens is 2. The maximum atomic E-state index is 11.3. The van der Waals surface area contributed by atoms with E-state index in [0.717, 1.165) is 15.8 Å². The molecular formula is C9H12IN3O2. The Bertz CT molecular complexity index is 382. The van der Waals surface area contributed by atoms with Crippen LogP contribution < -0.4 is 5.32 Å². The summed E-state index contributed by atoms with van der Waals surface area (Å²) in [7, 11) is 1.31. The lowest BCUT2D eigenvalue weighted by atomic mass is 10.4. The van der Waals surface area contributed by atoms with E-state index in [0.29, 0.717) is 5.82 Å². The molecule has 0 fully saturated rings. The summed E-state index contributed by atoms with van der Waals surface area (Å²) >= 11 is 2.14. The third kappa shape index (κ3) is 2.77. The Kier molecular flexibility index (Phi) is 4.25. The number of nitrogens with one attached hydrogen (secondary N) is 1. The molecule has 0 aliphatic carbocycles. The van der Waals surface area contributed by atoms with Gasteiger partial charge in [-0.2, -0.15) is 0 Å². The second-order valence-electron chi connectivity index (χ2n) is 2.82. The predicted molar refractivity (Wildman–Crippen MR) is 65.0 cm³/mol. The van der Waals surface area contributed by atoms with E-state index in [1.165, 1.54) is 7.11 Å². The summed E-state index contributed by atoms with van der Waals surface area (Å²) in [5, 5.41) is 3.07. The number of aryl methyl sites for hydroxylation is 1. The molecule has 0 aliphatic rings. The fourth-order valence-corrected chi connectivity index (χ4v) is 1.46. The molecule has 0 saturated heterocycles. The highest BCUT2D eigenvalue weighted by Crippen LogP contribution is 2.18. The molecular weight excluding hydrogens is 309 g/mol. The maximum absolute atomic E-state index is 11.3. The van der Waals surface area contributed by atoms with Crippen LogP contribution in [0.4, 0.5) is 5.82 Å². The number of halogens is 1.